The standard InChI is InChI=1S/C14H18O/c1-4-13-14(15-13)12-7-5-11(6-8-12)9-10(2)3/h4-8,10,13-14H,1,9H2,2-3H3/t13-,14-/m0/s1. The molecule has 0 aliphatic carbocycles. The quantitative estimate of drug-likeness (QED) is 0.537. The average Bonchev–Trinajstić information content (AvgIpc) is 2.97. The van der Waals surface area contributed by atoms with Crippen molar-refractivity contribution in [2.24, 2.45) is 5.92 Å². The minimum absolute atomic E-state index is 0.237. The minimum atomic E-state index is 0.237. The summed E-state index contributed by atoms with van der Waals surface area (Å²) in [7, 11) is 0. The summed E-state index contributed by atoms with van der Waals surface area (Å²) in [6.45, 7) is 8.21. The zero-order valence-electron chi connectivity index (χ0n) is 9.44. The van der Waals surface area contributed by atoms with E-state index in [1.165, 1.54) is 11.1 Å². The van der Waals surface area contributed by atoms with Crippen LogP contribution in [0.3, 0.4) is 0 Å². The van der Waals surface area contributed by atoms with Gasteiger partial charge in [0.1, 0.15) is 12.2 Å². The summed E-state index contributed by atoms with van der Waals surface area (Å²) in [5.41, 5.74) is 2.68. The molecular formula is C14H18O. The van der Waals surface area contributed by atoms with E-state index >= 15 is 0 Å². The average molecular weight is 202 g/mol. The Labute approximate surface area is 91.8 Å². The molecule has 1 heterocycles. The van der Waals surface area contributed by atoms with E-state index in [0.717, 1.165) is 6.42 Å². The van der Waals surface area contributed by atoms with E-state index in [4.69, 9.17) is 4.74 Å². The minimum Gasteiger partial charge on any atom is -0.360 e. The van der Waals surface area contributed by atoms with Crippen molar-refractivity contribution in [1.82, 2.24) is 0 Å². The van der Waals surface area contributed by atoms with Crippen LogP contribution in [0.5, 0.6) is 0 Å². The fourth-order valence-corrected chi connectivity index (χ4v) is 1.89. The molecule has 1 saturated heterocycles. The van der Waals surface area contributed by atoms with Crippen LogP contribution in [0, 0.1) is 5.92 Å². The molecule has 0 bridgehead atoms. The first-order valence-electron chi connectivity index (χ1n) is 5.57. The lowest BCUT2D eigenvalue weighted by atomic mass is 10.0. The molecule has 1 fully saturated rings. The van der Waals surface area contributed by atoms with Crippen molar-refractivity contribution in [3.05, 3.63) is 48.0 Å². The molecule has 1 nitrogen and oxygen atoms in total. The fourth-order valence-electron chi connectivity index (χ4n) is 1.89. The van der Waals surface area contributed by atoms with E-state index in [1.54, 1.807) is 0 Å². The maximum absolute atomic E-state index is 5.46. The van der Waals surface area contributed by atoms with Crippen LogP contribution >= 0.6 is 0 Å². The van der Waals surface area contributed by atoms with Gasteiger partial charge in [0.15, 0.2) is 0 Å². The molecule has 1 heteroatoms. The molecule has 1 aromatic carbocycles. The molecule has 0 saturated carbocycles. The van der Waals surface area contributed by atoms with Crippen LogP contribution in [0.2, 0.25) is 0 Å². The highest BCUT2D eigenvalue weighted by Crippen LogP contribution is 2.39. The summed E-state index contributed by atoms with van der Waals surface area (Å²) >= 11 is 0. The zero-order valence-corrected chi connectivity index (χ0v) is 9.44. The summed E-state index contributed by atoms with van der Waals surface area (Å²) in [5, 5.41) is 0. The normalized spacial score (nSPS) is 24.2. The maximum atomic E-state index is 5.46. The Morgan fingerprint density at radius 3 is 2.47 bits per heavy atom. The Kier molecular flexibility index (Phi) is 2.92. The molecule has 0 spiro atoms. The van der Waals surface area contributed by atoms with Gasteiger partial charge in [0.25, 0.3) is 0 Å². The van der Waals surface area contributed by atoms with Crippen LogP contribution in [-0.4, -0.2) is 6.10 Å². The SMILES string of the molecule is C=C[C@@H]1O[C@H]1c1ccc(CC(C)C)cc1. The number of hydrogen-bond acceptors (Lipinski definition) is 1. The van der Waals surface area contributed by atoms with E-state index in [1.807, 2.05) is 6.08 Å². The molecule has 0 unspecified atom stereocenters. The molecule has 80 valence electrons. The Morgan fingerprint density at radius 1 is 1.33 bits per heavy atom. The Morgan fingerprint density at radius 2 is 2.00 bits per heavy atom. The molecule has 1 aromatic rings. The topological polar surface area (TPSA) is 12.5 Å². The molecule has 0 aromatic heterocycles. The summed E-state index contributed by atoms with van der Waals surface area (Å²) < 4.78 is 5.46. The monoisotopic (exact) mass is 202 g/mol. The zero-order chi connectivity index (χ0) is 10.8. The van der Waals surface area contributed by atoms with Crippen LogP contribution in [0.4, 0.5) is 0 Å². The molecule has 2 atom stereocenters. The van der Waals surface area contributed by atoms with Crippen LogP contribution in [0.1, 0.15) is 31.1 Å². The predicted molar refractivity (Wildman–Crippen MR) is 62.8 cm³/mol. The van der Waals surface area contributed by atoms with E-state index in [0.29, 0.717) is 5.92 Å². The van der Waals surface area contributed by atoms with Crippen molar-refractivity contribution < 1.29 is 4.74 Å². The summed E-state index contributed by atoms with van der Waals surface area (Å²) in [6.07, 6.45) is 3.51. The Balaban J connectivity index is 2.01. The highest BCUT2D eigenvalue weighted by Gasteiger charge is 2.37. The van der Waals surface area contributed by atoms with Crippen molar-refractivity contribution >= 4 is 0 Å². The largest absolute Gasteiger partial charge is 0.360 e. The summed E-state index contributed by atoms with van der Waals surface area (Å²) in [4.78, 5) is 0. The van der Waals surface area contributed by atoms with Crippen molar-refractivity contribution in [3.8, 4) is 0 Å². The molecule has 1 aliphatic rings. The number of hydrogen-bond donors (Lipinski definition) is 0. The third kappa shape index (κ3) is 2.48. The van der Waals surface area contributed by atoms with Crippen LogP contribution < -0.4 is 0 Å². The molecule has 2 rings (SSSR count). The highest BCUT2D eigenvalue weighted by atomic mass is 16.6. The van der Waals surface area contributed by atoms with Crippen molar-refractivity contribution in [3.63, 3.8) is 0 Å². The van der Waals surface area contributed by atoms with E-state index < -0.39 is 0 Å². The van der Waals surface area contributed by atoms with Gasteiger partial charge >= 0.3 is 0 Å². The third-order valence-corrected chi connectivity index (χ3v) is 2.71. The fraction of sp³-hybridized carbons (Fsp3) is 0.429. The number of benzene rings is 1. The Hall–Kier alpha value is -1.08. The maximum Gasteiger partial charge on any atom is 0.113 e. The molecule has 0 amide bonds. The first-order chi connectivity index (χ1) is 7.20. The molecule has 15 heavy (non-hydrogen) atoms. The number of ether oxygens (including phenoxy) is 1. The summed E-state index contributed by atoms with van der Waals surface area (Å²) in [5.74, 6) is 0.717. The van der Waals surface area contributed by atoms with Gasteiger partial charge in [-0.1, -0.05) is 44.2 Å². The number of rotatable bonds is 4. The lowest BCUT2D eigenvalue weighted by Gasteiger charge is -2.05. The van der Waals surface area contributed by atoms with E-state index in [9.17, 15) is 0 Å². The van der Waals surface area contributed by atoms with Gasteiger partial charge in [-0.2, -0.15) is 0 Å². The predicted octanol–water partition coefficient (Wildman–Crippen LogP) is 3.51. The molecule has 0 N–H and O–H groups in total. The third-order valence-electron chi connectivity index (χ3n) is 2.71. The van der Waals surface area contributed by atoms with Gasteiger partial charge in [0, 0.05) is 0 Å². The van der Waals surface area contributed by atoms with Gasteiger partial charge in [-0.15, -0.1) is 6.58 Å². The van der Waals surface area contributed by atoms with Gasteiger partial charge in [-0.05, 0) is 23.5 Å². The Bertz CT molecular complexity index is 337. The van der Waals surface area contributed by atoms with Crippen molar-refractivity contribution in [1.29, 1.82) is 0 Å². The lowest BCUT2D eigenvalue weighted by molar-refractivity contribution is 0.394. The number of epoxide rings is 1. The van der Waals surface area contributed by atoms with E-state index in [-0.39, 0.29) is 12.2 Å². The smallest absolute Gasteiger partial charge is 0.113 e. The van der Waals surface area contributed by atoms with Gasteiger partial charge in [0.2, 0.25) is 0 Å². The van der Waals surface area contributed by atoms with Crippen LogP contribution in [-0.2, 0) is 11.2 Å². The molecule has 1 aliphatic heterocycles. The second-order valence-corrected chi connectivity index (χ2v) is 4.60. The summed E-state index contributed by atoms with van der Waals surface area (Å²) in [6, 6.07) is 8.76. The molecule has 0 radical (unpaired) electrons. The second-order valence-electron chi connectivity index (χ2n) is 4.60. The van der Waals surface area contributed by atoms with Gasteiger partial charge in [-0.25, -0.2) is 0 Å². The van der Waals surface area contributed by atoms with Crippen LogP contribution in [0.25, 0.3) is 0 Å². The lowest BCUT2D eigenvalue weighted by Crippen LogP contribution is -1.94. The van der Waals surface area contributed by atoms with Crippen molar-refractivity contribution in [2.45, 2.75) is 32.5 Å². The second kappa shape index (κ2) is 4.19. The highest BCUT2D eigenvalue weighted by molar-refractivity contribution is 5.28. The first-order valence-corrected chi connectivity index (χ1v) is 5.57. The van der Waals surface area contributed by atoms with Gasteiger partial charge < -0.3 is 4.74 Å². The van der Waals surface area contributed by atoms with Crippen LogP contribution in [0.15, 0.2) is 36.9 Å². The van der Waals surface area contributed by atoms with Gasteiger partial charge in [-0.3, -0.25) is 0 Å². The van der Waals surface area contributed by atoms with Crippen molar-refractivity contribution in [2.75, 3.05) is 0 Å². The molecular weight excluding hydrogens is 184 g/mol. The van der Waals surface area contributed by atoms with Gasteiger partial charge in [0.05, 0.1) is 0 Å². The van der Waals surface area contributed by atoms with E-state index in [2.05, 4.69) is 44.7 Å². The first kappa shape index (κ1) is 10.4.